The molecule has 0 amide bonds. The monoisotopic (exact) mass is 253 g/mol. The van der Waals surface area contributed by atoms with Crippen LogP contribution in [0.15, 0.2) is 18.3 Å². The third-order valence-corrected chi connectivity index (χ3v) is 3.95. The normalized spacial score (nSPS) is 19.9. The summed E-state index contributed by atoms with van der Waals surface area (Å²) in [6.07, 6.45) is 9.44. The number of aromatic nitrogens is 1. The molecule has 0 aromatic carbocycles. The highest BCUT2D eigenvalue weighted by Gasteiger charge is 2.25. The SMILES string of the molecule is NNC(c1ncccc1Cl)C1CCCCCC1. The van der Waals surface area contributed by atoms with Gasteiger partial charge in [-0.25, -0.2) is 0 Å². The molecule has 0 aliphatic heterocycles. The van der Waals surface area contributed by atoms with Crippen molar-refractivity contribution in [2.24, 2.45) is 11.8 Å². The highest BCUT2D eigenvalue weighted by molar-refractivity contribution is 6.31. The predicted octanol–water partition coefficient (Wildman–Crippen LogP) is 3.21. The number of pyridine rings is 1. The van der Waals surface area contributed by atoms with Crippen LogP contribution in [0.4, 0.5) is 0 Å². The van der Waals surface area contributed by atoms with Gasteiger partial charge in [0.1, 0.15) is 0 Å². The van der Waals surface area contributed by atoms with E-state index in [2.05, 4.69) is 10.4 Å². The molecular formula is C13H20ClN3. The minimum atomic E-state index is 0.0850. The molecule has 3 nitrogen and oxygen atoms in total. The van der Waals surface area contributed by atoms with Gasteiger partial charge in [0.15, 0.2) is 0 Å². The maximum Gasteiger partial charge on any atom is 0.0775 e. The molecule has 1 fully saturated rings. The first-order chi connectivity index (χ1) is 8.33. The first-order valence-corrected chi connectivity index (χ1v) is 6.77. The van der Waals surface area contributed by atoms with Crippen molar-refractivity contribution in [3.05, 3.63) is 29.0 Å². The van der Waals surface area contributed by atoms with E-state index in [1.54, 1.807) is 6.20 Å². The maximum absolute atomic E-state index is 6.20. The molecule has 1 aliphatic rings. The van der Waals surface area contributed by atoms with E-state index < -0.39 is 0 Å². The first-order valence-electron chi connectivity index (χ1n) is 6.39. The molecule has 1 aromatic rings. The molecule has 0 saturated heterocycles. The molecule has 0 bridgehead atoms. The topological polar surface area (TPSA) is 50.9 Å². The molecule has 1 aromatic heterocycles. The van der Waals surface area contributed by atoms with Crippen LogP contribution >= 0.6 is 11.6 Å². The van der Waals surface area contributed by atoms with Crippen molar-refractivity contribution in [1.82, 2.24) is 10.4 Å². The fourth-order valence-electron chi connectivity index (χ4n) is 2.71. The second kappa shape index (κ2) is 6.34. The molecule has 17 heavy (non-hydrogen) atoms. The zero-order valence-corrected chi connectivity index (χ0v) is 10.8. The zero-order chi connectivity index (χ0) is 12.1. The second-order valence-electron chi connectivity index (χ2n) is 4.77. The third-order valence-electron chi connectivity index (χ3n) is 3.63. The second-order valence-corrected chi connectivity index (χ2v) is 5.17. The van der Waals surface area contributed by atoms with Gasteiger partial charge in [-0.1, -0.05) is 37.3 Å². The van der Waals surface area contributed by atoms with Gasteiger partial charge in [-0.05, 0) is 30.9 Å². The van der Waals surface area contributed by atoms with E-state index in [-0.39, 0.29) is 6.04 Å². The largest absolute Gasteiger partial charge is 0.271 e. The average molecular weight is 254 g/mol. The van der Waals surface area contributed by atoms with Crippen LogP contribution in [-0.2, 0) is 0 Å². The number of rotatable bonds is 3. The Morgan fingerprint density at radius 3 is 2.59 bits per heavy atom. The van der Waals surface area contributed by atoms with Crippen LogP contribution in [0.25, 0.3) is 0 Å². The Bertz CT molecular complexity index is 348. The summed E-state index contributed by atoms with van der Waals surface area (Å²) in [5, 5.41) is 0.708. The fraction of sp³-hybridized carbons (Fsp3) is 0.615. The lowest BCUT2D eigenvalue weighted by Gasteiger charge is -2.25. The van der Waals surface area contributed by atoms with Crippen molar-refractivity contribution in [2.45, 2.75) is 44.6 Å². The van der Waals surface area contributed by atoms with Crippen LogP contribution < -0.4 is 11.3 Å². The van der Waals surface area contributed by atoms with Gasteiger partial charge in [-0.3, -0.25) is 16.3 Å². The fourth-order valence-corrected chi connectivity index (χ4v) is 2.95. The highest BCUT2D eigenvalue weighted by atomic mass is 35.5. The Hall–Kier alpha value is -0.640. The Labute approximate surface area is 108 Å². The van der Waals surface area contributed by atoms with E-state index in [0.717, 1.165) is 5.69 Å². The number of hydrogen-bond acceptors (Lipinski definition) is 3. The van der Waals surface area contributed by atoms with Crippen LogP contribution in [0.3, 0.4) is 0 Å². The summed E-state index contributed by atoms with van der Waals surface area (Å²) in [5.74, 6) is 6.26. The Morgan fingerprint density at radius 2 is 2.00 bits per heavy atom. The summed E-state index contributed by atoms with van der Waals surface area (Å²) in [7, 11) is 0. The average Bonchev–Trinajstić information content (AvgIpc) is 2.62. The lowest BCUT2D eigenvalue weighted by atomic mass is 9.90. The van der Waals surface area contributed by atoms with Crippen molar-refractivity contribution in [1.29, 1.82) is 0 Å². The molecule has 1 unspecified atom stereocenters. The van der Waals surface area contributed by atoms with Gasteiger partial charge in [0, 0.05) is 6.20 Å². The molecule has 3 N–H and O–H groups in total. The number of hydrazine groups is 1. The summed E-state index contributed by atoms with van der Waals surface area (Å²) in [5.41, 5.74) is 3.80. The van der Waals surface area contributed by atoms with Crippen LogP contribution in [0.5, 0.6) is 0 Å². The molecule has 1 atom stereocenters. The van der Waals surface area contributed by atoms with E-state index in [4.69, 9.17) is 17.4 Å². The van der Waals surface area contributed by atoms with Gasteiger partial charge >= 0.3 is 0 Å². The van der Waals surface area contributed by atoms with E-state index in [1.165, 1.54) is 38.5 Å². The van der Waals surface area contributed by atoms with Crippen molar-refractivity contribution in [3.63, 3.8) is 0 Å². The van der Waals surface area contributed by atoms with Crippen LogP contribution in [-0.4, -0.2) is 4.98 Å². The Balaban J connectivity index is 2.17. The Kier molecular flexibility index (Phi) is 4.77. The van der Waals surface area contributed by atoms with Crippen molar-refractivity contribution < 1.29 is 0 Å². The van der Waals surface area contributed by atoms with Crippen molar-refractivity contribution in [3.8, 4) is 0 Å². The molecule has 1 saturated carbocycles. The van der Waals surface area contributed by atoms with Gasteiger partial charge in [0.05, 0.1) is 16.8 Å². The van der Waals surface area contributed by atoms with E-state index in [1.807, 2.05) is 12.1 Å². The number of nitrogens with one attached hydrogen (secondary N) is 1. The quantitative estimate of drug-likeness (QED) is 0.494. The van der Waals surface area contributed by atoms with Crippen molar-refractivity contribution >= 4 is 11.6 Å². The third kappa shape index (κ3) is 3.18. The summed E-state index contributed by atoms with van der Waals surface area (Å²) in [6, 6.07) is 3.82. The smallest absolute Gasteiger partial charge is 0.0775 e. The molecule has 2 rings (SSSR count). The number of nitrogens with zero attached hydrogens (tertiary/aromatic N) is 1. The number of halogens is 1. The van der Waals surface area contributed by atoms with Gasteiger partial charge in [-0.2, -0.15) is 0 Å². The predicted molar refractivity (Wildman–Crippen MR) is 70.5 cm³/mol. The Morgan fingerprint density at radius 1 is 1.29 bits per heavy atom. The van der Waals surface area contributed by atoms with Crippen LogP contribution in [0, 0.1) is 5.92 Å². The minimum Gasteiger partial charge on any atom is -0.271 e. The standard InChI is InChI=1S/C13H20ClN3/c14-11-8-5-9-16-13(11)12(17-15)10-6-3-1-2-4-7-10/h5,8-10,12,17H,1-4,6-7,15H2. The molecule has 4 heteroatoms. The molecule has 0 spiro atoms. The summed E-state index contributed by atoms with van der Waals surface area (Å²) in [6.45, 7) is 0. The molecule has 94 valence electrons. The summed E-state index contributed by atoms with van der Waals surface area (Å²) >= 11 is 6.20. The summed E-state index contributed by atoms with van der Waals surface area (Å²) < 4.78 is 0. The molecular weight excluding hydrogens is 234 g/mol. The summed E-state index contributed by atoms with van der Waals surface area (Å²) in [4.78, 5) is 4.38. The van der Waals surface area contributed by atoms with E-state index in [9.17, 15) is 0 Å². The van der Waals surface area contributed by atoms with E-state index >= 15 is 0 Å². The number of nitrogens with two attached hydrogens (primary N) is 1. The lowest BCUT2D eigenvalue weighted by Crippen LogP contribution is -2.34. The number of hydrogen-bond donors (Lipinski definition) is 2. The minimum absolute atomic E-state index is 0.0850. The van der Waals surface area contributed by atoms with Gasteiger partial charge in [0.25, 0.3) is 0 Å². The molecule has 1 aliphatic carbocycles. The van der Waals surface area contributed by atoms with Crippen LogP contribution in [0.1, 0.15) is 50.3 Å². The van der Waals surface area contributed by atoms with Gasteiger partial charge in [-0.15, -0.1) is 0 Å². The zero-order valence-electron chi connectivity index (χ0n) is 10.0. The highest BCUT2D eigenvalue weighted by Crippen LogP contribution is 2.34. The first kappa shape index (κ1) is 12.8. The van der Waals surface area contributed by atoms with Crippen LogP contribution in [0.2, 0.25) is 5.02 Å². The molecule has 1 heterocycles. The van der Waals surface area contributed by atoms with Gasteiger partial charge < -0.3 is 0 Å². The molecule has 0 radical (unpaired) electrons. The lowest BCUT2D eigenvalue weighted by molar-refractivity contribution is 0.323. The van der Waals surface area contributed by atoms with Crippen molar-refractivity contribution in [2.75, 3.05) is 0 Å². The maximum atomic E-state index is 6.20. The van der Waals surface area contributed by atoms with Gasteiger partial charge in [0.2, 0.25) is 0 Å². The van der Waals surface area contributed by atoms with E-state index in [0.29, 0.717) is 10.9 Å².